The lowest BCUT2D eigenvalue weighted by Crippen LogP contribution is -2.22. The van der Waals surface area contributed by atoms with Crippen LogP contribution in [0.1, 0.15) is 36.5 Å². The van der Waals surface area contributed by atoms with E-state index in [9.17, 15) is 4.79 Å². The van der Waals surface area contributed by atoms with Crippen molar-refractivity contribution in [1.82, 2.24) is 14.6 Å². The standard InChI is InChI=1S/C15H14N4O3/c1-8(2)12-13(11-3-9(6-20)7-22-11)18-14-10(4-16)5-17-19(14)15(12)21/h3,5,7-8,17,20H,6H2,1-2H3. The number of aromatic nitrogens is 3. The van der Waals surface area contributed by atoms with Gasteiger partial charge in [0.2, 0.25) is 0 Å². The fraction of sp³-hybridized carbons (Fsp3) is 0.267. The van der Waals surface area contributed by atoms with E-state index < -0.39 is 0 Å². The number of nitriles is 1. The molecule has 3 aromatic rings. The van der Waals surface area contributed by atoms with E-state index in [-0.39, 0.29) is 29.3 Å². The summed E-state index contributed by atoms with van der Waals surface area (Å²) in [6.07, 6.45) is 2.87. The number of H-pyrrole nitrogens is 1. The van der Waals surface area contributed by atoms with Gasteiger partial charge in [0, 0.05) is 11.8 Å². The Morgan fingerprint density at radius 3 is 2.91 bits per heavy atom. The van der Waals surface area contributed by atoms with Gasteiger partial charge in [0.25, 0.3) is 5.56 Å². The topological polar surface area (TPSA) is 107 Å². The highest BCUT2D eigenvalue weighted by atomic mass is 16.3. The minimum absolute atomic E-state index is 0.0802. The minimum atomic E-state index is -0.265. The summed E-state index contributed by atoms with van der Waals surface area (Å²) in [5, 5.41) is 21.0. The molecule has 0 spiro atoms. The van der Waals surface area contributed by atoms with Crippen molar-refractivity contribution >= 4 is 5.65 Å². The highest BCUT2D eigenvalue weighted by Crippen LogP contribution is 2.27. The van der Waals surface area contributed by atoms with E-state index in [1.165, 1.54) is 17.0 Å². The summed E-state index contributed by atoms with van der Waals surface area (Å²) in [4.78, 5) is 17.1. The molecule has 3 aromatic heterocycles. The van der Waals surface area contributed by atoms with Gasteiger partial charge in [-0.3, -0.25) is 9.89 Å². The molecule has 2 N–H and O–H groups in total. The molecule has 7 nitrogen and oxygen atoms in total. The molecule has 0 saturated carbocycles. The Bertz CT molecular complexity index is 940. The smallest absolute Gasteiger partial charge is 0.276 e. The highest BCUT2D eigenvalue weighted by molar-refractivity contribution is 5.65. The lowest BCUT2D eigenvalue weighted by molar-refractivity contribution is 0.280. The van der Waals surface area contributed by atoms with E-state index in [1.807, 2.05) is 19.9 Å². The van der Waals surface area contributed by atoms with Gasteiger partial charge in [0.1, 0.15) is 17.3 Å². The molecule has 0 amide bonds. The fourth-order valence-electron chi connectivity index (χ4n) is 2.40. The summed E-state index contributed by atoms with van der Waals surface area (Å²) in [7, 11) is 0. The molecule has 0 aromatic carbocycles. The number of aliphatic hydroxyl groups excluding tert-OH is 1. The van der Waals surface area contributed by atoms with Crippen LogP contribution in [-0.2, 0) is 6.61 Å². The second kappa shape index (κ2) is 5.16. The normalized spacial score (nSPS) is 11.2. The van der Waals surface area contributed by atoms with E-state index in [2.05, 4.69) is 10.1 Å². The van der Waals surface area contributed by atoms with E-state index >= 15 is 0 Å². The largest absolute Gasteiger partial charge is 0.462 e. The first-order chi connectivity index (χ1) is 10.6. The minimum Gasteiger partial charge on any atom is -0.462 e. The van der Waals surface area contributed by atoms with Crippen LogP contribution in [0.25, 0.3) is 17.1 Å². The molecule has 3 rings (SSSR count). The lowest BCUT2D eigenvalue weighted by atomic mass is 10.0. The summed E-state index contributed by atoms with van der Waals surface area (Å²) in [6.45, 7) is 3.62. The predicted octanol–water partition coefficient (Wildman–Crippen LogP) is 1.77. The quantitative estimate of drug-likeness (QED) is 0.766. The average Bonchev–Trinajstić information content (AvgIpc) is 3.12. The molecular weight excluding hydrogens is 284 g/mol. The van der Waals surface area contributed by atoms with Crippen molar-refractivity contribution in [2.75, 3.05) is 0 Å². The molecule has 0 saturated heterocycles. The Morgan fingerprint density at radius 1 is 1.55 bits per heavy atom. The molecule has 0 fully saturated rings. The van der Waals surface area contributed by atoms with Crippen LogP contribution in [-0.4, -0.2) is 19.7 Å². The van der Waals surface area contributed by atoms with Gasteiger partial charge >= 0.3 is 0 Å². The first-order valence-electron chi connectivity index (χ1n) is 6.79. The monoisotopic (exact) mass is 298 g/mol. The van der Waals surface area contributed by atoms with Gasteiger partial charge in [-0.25, -0.2) is 9.50 Å². The Balaban J connectivity index is 2.38. The number of rotatable bonds is 3. The van der Waals surface area contributed by atoms with Crippen molar-refractivity contribution in [2.24, 2.45) is 0 Å². The summed E-state index contributed by atoms with van der Waals surface area (Å²) in [5.41, 5.74) is 1.76. The van der Waals surface area contributed by atoms with Crippen molar-refractivity contribution in [3.8, 4) is 17.5 Å². The Kier molecular flexibility index (Phi) is 3.31. The van der Waals surface area contributed by atoms with Crippen LogP contribution in [0.5, 0.6) is 0 Å². The van der Waals surface area contributed by atoms with Gasteiger partial charge in [0.05, 0.1) is 18.4 Å². The number of nitrogens with one attached hydrogen (secondary N) is 1. The number of furan rings is 1. The fourth-order valence-corrected chi connectivity index (χ4v) is 2.40. The summed E-state index contributed by atoms with van der Waals surface area (Å²) in [5.74, 6) is 0.320. The maximum absolute atomic E-state index is 12.7. The third-order valence-corrected chi connectivity index (χ3v) is 3.46. The molecule has 0 unspecified atom stereocenters. The molecule has 0 radical (unpaired) electrons. The molecule has 7 heteroatoms. The van der Waals surface area contributed by atoms with Gasteiger partial charge in [-0.05, 0) is 12.0 Å². The van der Waals surface area contributed by atoms with Crippen LogP contribution in [0, 0.1) is 11.3 Å². The zero-order valence-electron chi connectivity index (χ0n) is 12.1. The molecule has 112 valence electrons. The number of aromatic amines is 1. The van der Waals surface area contributed by atoms with E-state index in [1.54, 1.807) is 6.07 Å². The number of nitrogens with zero attached hydrogens (tertiary/aromatic N) is 3. The van der Waals surface area contributed by atoms with E-state index in [0.717, 1.165) is 0 Å². The third-order valence-electron chi connectivity index (χ3n) is 3.46. The summed E-state index contributed by atoms with van der Waals surface area (Å²) in [6, 6.07) is 3.64. The molecule has 22 heavy (non-hydrogen) atoms. The Hall–Kier alpha value is -2.85. The first-order valence-corrected chi connectivity index (χ1v) is 6.79. The molecule has 0 atom stereocenters. The maximum Gasteiger partial charge on any atom is 0.276 e. The lowest BCUT2D eigenvalue weighted by Gasteiger charge is -2.09. The van der Waals surface area contributed by atoms with Gasteiger partial charge in [-0.2, -0.15) is 5.26 Å². The number of fused-ring (bicyclic) bond motifs is 1. The molecule has 0 aliphatic rings. The molecule has 0 aliphatic carbocycles. The summed E-state index contributed by atoms with van der Waals surface area (Å²) >= 11 is 0. The second-order valence-electron chi connectivity index (χ2n) is 5.27. The molecule has 3 heterocycles. The van der Waals surface area contributed by atoms with Gasteiger partial charge in [0.15, 0.2) is 11.4 Å². The predicted molar refractivity (Wildman–Crippen MR) is 78.2 cm³/mol. The number of aliphatic hydroxyl groups is 1. The number of hydrogen-bond donors (Lipinski definition) is 2. The van der Waals surface area contributed by atoms with Crippen LogP contribution in [0.2, 0.25) is 0 Å². The highest BCUT2D eigenvalue weighted by Gasteiger charge is 2.21. The maximum atomic E-state index is 12.7. The van der Waals surface area contributed by atoms with Crippen LogP contribution >= 0.6 is 0 Å². The van der Waals surface area contributed by atoms with Gasteiger partial charge in [-0.1, -0.05) is 13.8 Å². The van der Waals surface area contributed by atoms with Crippen molar-refractivity contribution in [1.29, 1.82) is 5.26 Å². The third kappa shape index (κ3) is 2.01. The summed E-state index contributed by atoms with van der Waals surface area (Å²) < 4.78 is 6.68. The van der Waals surface area contributed by atoms with Crippen molar-refractivity contribution in [3.05, 3.63) is 45.6 Å². The SMILES string of the molecule is CC(C)c1c(-c2cc(CO)co2)nc2c(C#N)c[nH]n2c1=O. The Morgan fingerprint density at radius 2 is 2.32 bits per heavy atom. The second-order valence-corrected chi connectivity index (χ2v) is 5.27. The van der Waals surface area contributed by atoms with E-state index in [0.29, 0.717) is 22.6 Å². The molecule has 0 aliphatic heterocycles. The van der Waals surface area contributed by atoms with Crippen LogP contribution < -0.4 is 5.56 Å². The van der Waals surface area contributed by atoms with Crippen LogP contribution in [0.4, 0.5) is 0 Å². The first kappa shape index (κ1) is 14.1. The van der Waals surface area contributed by atoms with Crippen molar-refractivity contribution in [2.45, 2.75) is 26.4 Å². The Labute approximate surface area is 125 Å². The van der Waals surface area contributed by atoms with Gasteiger partial charge < -0.3 is 9.52 Å². The van der Waals surface area contributed by atoms with Gasteiger partial charge in [-0.15, -0.1) is 0 Å². The van der Waals surface area contributed by atoms with Crippen molar-refractivity contribution < 1.29 is 9.52 Å². The molecular formula is C15H14N4O3. The van der Waals surface area contributed by atoms with Crippen LogP contribution in [0.3, 0.4) is 0 Å². The van der Waals surface area contributed by atoms with Crippen LogP contribution in [0.15, 0.2) is 27.7 Å². The molecule has 0 bridgehead atoms. The average molecular weight is 298 g/mol. The zero-order valence-corrected chi connectivity index (χ0v) is 12.1. The van der Waals surface area contributed by atoms with Crippen molar-refractivity contribution in [3.63, 3.8) is 0 Å². The number of hydrogen-bond acceptors (Lipinski definition) is 5. The van der Waals surface area contributed by atoms with E-state index in [4.69, 9.17) is 14.8 Å². The zero-order chi connectivity index (χ0) is 15.9.